The average molecular weight is 260 g/mol. The first kappa shape index (κ1) is 15.8. The molecule has 2 amide bonds. The second-order valence-corrected chi connectivity index (χ2v) is 4.50. The lowest BCUT2D eigenvalue weighted by Crippen LogP contribution is -2.49. The zero-order chi connectivity index (χ0) is 13.3. The first-order chi connectivity index (χ1) is 8.04. The lowest BCUT2D eigenvalue weighted by Gasteiger charge is -2.18. The first-order valence-corrected chi connectivity index (χ1v) is 6.84. The number of aliphatic carboxylic acids is 1. The summed E-state index contributed by atoms with van der Waals surface area (Å²) in [5.41, 5.74) is 0. The topological polar surface area (TPSA) is 78.4 Å². The van der Waals surface area contributed by atoms with E-state index in [9.17, 15) is 9.59 Å². The predicted molar refractivity (Wildman–Crippen MR) is 70.4 cm³/mol. The van der Waals surface area contributed by atoms with Crippen molar-refractivity contribution in [2.75, 3.05) is 12.0 Å². The van der Waals surface area contributed by atoms with Crippen molar-refractivity contribution >= 4 is 23.8 Å². The van der Waals surface area contributed by atoms with Gasteiger partial charge in [-0.25, -0.2) is 9.59 Å². The second-order valence-electron chi connectivity index (χ2n) is 3.59. The van der Waals surface area contributed by atoms with Crippen molar-refractivity contribution in [1.82, 2.24) is 10.6 Å². The summed E-state index contributed by atoms with van der Waals surface area (Å²) >= 11 is 1.64. The number of carboxylic acid groups (broad SMARTS) is 1. The van der Waals surface area contributed by atoms with E-state index in [4.69, 9.17) is 5.11 Å². The van der Waals surface area contributed by atoms with Crippen molar-refractivity contribution in [2.24, 2.45) is 0 Å². The van der Waals surface area contributed by atoms with Crippen LogP contribution in [0.4, 0.5) is 4.79 Å². The quantitative estimate of drug-likeness (QED) is 0.577. The monoisotopic (exact) mass is 260 g/mol. The molecular weight excluding hydrogens is 240 g/mol. The maximum atomic E-state index is 11.5. The molecule has 0 radical (unpaired) electrons. The van der Waals surface area contributed by atoms with E-state index in [0.717, 1.165) is 12.2 Å². The Bertz CT molecular complexity index is 271. The summed E-state index contributed by atoms with van der Waals surface area (Å²) in [5.74, 6) is -0.249. The van der Waals surface area contributed by atoms with Gasteiger partial charge in [0.1, 0.15) is 6.04 Å². The minimum absolute atomic E-state index is 0.0585. The molecule has 0 saturated heterocycles. The van der Waals surface area contributed by atoms with Gasteiger partial charge in [-0.3, -0.25) is 0 Å². The van der Waals surface area contributed by atoms with Gasteiger partial charge in [0.2, 0.25) is 0 Å². The van der Waals surface area contributed by atoms with Crippen LogP contribution in [0.15, 0.2) is 12.7 Å². The standard InChI is InChI=1S/C11H20N2O3S/c1-4-6-9(10(14)15)13-11(16)12-8(5-2)7-17-3/h4,8-9H,1,5-7H2,2-3H3,(H,14,15)(H2,12,13,16). The maximum absolute atomic E-state index is 11.5. The number of carboxylic acids is 1. The Balaban J connectivity index is 4.21. The van der Waals surface area contributed by atoms with Crippen molar-refractivity contribution in [2.45, 2.75) is 31.8 Å². The van der Waals surface area contributed by atoms with Crippen LogP contribution in [-0.2, 0) is 4.79 Å². The van der Waals surface area contributed by atoms with Gasteiger partial charge < -0.3 is 15.7 Å². The second kappa shape index (κ2) is 8.92. The van der Waals surface area contributed by atoms with Crippen LogP contribution < -0.4 is 10.6 Å². The number of nitrogens with one attached hydrogen (secondary N) is 2. The van der Waals surface area contributed by atoms with E-state index in [1.165, 1.54) is 6.08 Å². The van der Waals surface area contributed by atoms with Gasteiger partial charge in [0, 0.05) is 11.8 Å². The molecule has 0 rings (SSSR count). The van der Waals surface area contributed by atoms with E-state index < -0.39 is 18.0 Å². The summed E-state index contributed by atoms with van der Waals surface area (Å²) in [7, 11) is 0. The van der Waals surface area contributed by atoms with Gasteiger partial charge in [-0.2, -0.15) is 11.8 Å². The number of amides is 2. The summed E-state index contributed by atoms with van der Waals surface area (Å²) in [6, 6.07) is -1.30. The number of hydrogen-bond donors (Lipinski definition) is 3. The van der Waals surface area contributed by atoms with Gasteiger partial charge in [-0.1, -0.05) is 13.0 Å². The van der Waals surface area contributed by atoms with Gasteiger partial charge in [0.25, 0.3) is 0 Å². The molecule has 0 fully saturated rings. The summed E-state index contributed by atoms with van der Waals surface area (Å²) in [5, 5.41) is 14.0. The maximum Gasteiger partial charge on any atom is 0.326 e. The zero-order valence-corrected chi connectivity index (χ0v) is 11.0. The average Bonchev–Trinajstić information content (AvgIpc) is 2.27. The Labute approximate surface area is 106 Å². The Hall–Kier alpha value is -1.17. The lowest BCUT2D eigenvalue weighted by molar-refractivity contribution is -0.139. The van der Waals surface area contributed by atoms with Gasteiger partial charge in [-0.05, 0) is 19.1 Å². The summed E-state index contributed by atoms with van der Waals surface area (Å²) in [4.78, 5) is 22.4. The fourth-order valence-electron chi connectivity index (χ4n) is 1.24. The number of carbonyl (C=O) groups is 2. The summed E-state index contributed by atoms with van der Waals surface area (Å²) < 4.78 is 0. The van der Waals surface area contributed by atoms with Crippen LogP contribution in [0, 0.1) is 0 Å². The molecule has 0 aliphatic rings. The number of rotatable bonds is 8. The fraction of sp³-hybridized carbons (Fsp3) is 0.636. The number of urea groups is 1. The molecule has 3 N–H and O–H groups in total. The molecule has 6 heteroatoms. The molecule has 0 heterocycles. The van der Waals surface area contributed by atoms with Crippen LogP contribution >= 0.6 is 11.8 Å². The van der Waals surface area contributed by atoms with Crippen LogP contribution in [0.5, 0.6) is 0 Å². The van der Waals surface area contributed by atoms with Gasteiger partial charge >= 0.3 is 12.0 Å². The number of carbonyl (C=O) groups excluding carboxylic acids is 1. The van der Waals surface area contributed by atoms with Crippen molar-refractivity contribution < 1.29 is 14.7 Å². The van der Waals surface area contributed by atoms with Crippen molar-refractivity contribution in [3.05, 3.63) is 12.7 Å². The number of hydrogen-bond acceptors (Lipinski definition) is 3. The highest BCUT2D eigenvalue weighted by molar-refractivity contribution is 7.98. The van der Waals surface area contributed by atoms with Crippen LogP contribution in [-0.4, -0.2) is 41.2 Å². The molecule has 0 aliphatic heterocycles. The van der Waals surface area contributed by atoms with Crippen LogP contribution in [0.1, 0.15) is 19.8 Å². The van der Waals surface area contributed by atoms with Gasteiger partial charge in [0.15, 0.2) is 0 Å². The third kappa shape index (κ3) is 6.88. The third-order valence-electron chi connectivity index (χ3n) is 2.20. The third-order valence-corrected chi connectivity index (χ3v) is 2.94. The highest BCUT2D eigenvalue weighted by Crippen LogP contribution is 2.01. The molecule has 0 aromatic heterocycles. The molecule has 2 atom stereocenters. The minimum Gasteiger partial charge on any atom is -0.480 e. The van der Waals surface area contributed by atoms with Gasteiger partial charge in [-0.15, -0.1) is 6.58 Å². The number of thioether (sulfide) groups is 1. The molecule has 5 nitrogen and oxygen atoms in total. The Morgan fingerprint density at radius 1 is 1.47 bits per heavy atom. The molecule has 0 spiro atoms. The van der Waals surface area contributed by atoms with E-state index in [-0.39, 0.29) is 12.5 Å². The van der Waals surface area contributed by atoms with E-state index in [1.54, 1.807) is 11.8 Å². The fourth-order valence-corrected chi connectivity index (χ4v) is 1.96. The Morgan fingerprint density at radius 2 is 2.12 bits per heavy atom. The van der Waals surface area contributed by atoms with E-state index in [1.807, 2.05) is 13.2 Å². The molecule has 2 unspecified atom stereocenters. The van der Waals surface area contributed by atoms with E-state index in [2.05, 4.69) is 17.2 Å². The molecule has 17 heavy (non-hydrogen) atoms. The molecular formula is C11H20N2O3S. The lowest BCUT2D eigenvalue weighted by atomic mass is 10.2. The normalized spacial score (nSPS) is 13.5. The molecule has 0 bridgehead atoms. The smallest absolute Gasteiger partial charge is 0.326 e. The SMILES string of the molecule is C=CCC(NC(=O)NC(CC)CSC)C(=O)O. The molecule has 0 saturated carbocycles. The molecule has 0 aliphatic carbocycles. The van der Waals surface area contributed by atoms with Crippen molar-refractivity contribution in [1.29, 1.82) is 0 Å². The molecule has 98 valence electrons. The zero-order valence-electron chi connectivity index (χ0n) is 10.2. The Morgan fingerprint density at radius 3 is 2.53 bits per heavy atom. The van der Waals surface area contributed by atoms with Crippen LogP contribution in [0.25, 0.3) is 0 Å². The van der Waals surface area contributed by atoms with E-state index >= 15 is 0 Å². The van der Waals surface area contributed by atoms with Gasteiger partial charge in [0.05, 0.1) is 0 Å². The Kier molecular flexibility index (Phi) is 8.31. The molecule has 0 aromatic carbocycles. The molecule has 0 aromatic rings. The van der Waals surface area contributed by atoms with Crippen molar-refractivity contribution in [3.63, 3.8) is 0 Å². The predicted octanol–water partition coefficient (Wildman–Crippen LogP) is 1.46. The summed E-state index contributed by atoms with van der Waals surface area (Å²) in [6.45, 7) is 5.43. The minimum atomic E-state index is -1.06. The first-order valence-electron chi connectivity index (χ1n) is 5.44. The van der Waals surface area contributed by atoms with Crippen molar-refractivity contribution in [3.8, 4) is 0 Å². The highest BCUT2D eigenvalue weighted by Gasteiger charge is 2.19. The van der Waals surface area contributed by atoms with Crippen LogP contribution in [0.3, 0.4) is 0 Å². The summed E-state index contributed by atoms with van der Waals surface area (Å²) in [6.07, 6.45) is 4.45. The van der Waals surface area contributed by atoms with E-state index in [0.29, 0.717) is 0 Å². The largest absolute Gasteiger partial charge is 0.480 e. The highest BCUT2D eigenvalue weighted by atomic mass is 32.2. The van der Waals surface area contributed by atoms with Crippen LogP contribution in [0.2, 0.25) is 0 Å².